The van der Waals surface area contributed by atoms with E-state index in [0.717, 1.165) is 50.1 Å². The highest BCUT2D eigenvalue weighted by molar-refractivity contribution is 5.72. The molecule has 2 saturated heterocycles. The van der Waals surface area contributed by atoms with Crippen molar-refractivity contribution in [2.45, 2.75) is 45.7 Å². The van der Waals surface area contributed by atoms with E-state index in [-0.39, 0.29) is 11.9 Å². The fourth-order valence-electron chi connectivity index (χ4n) is 4.43. The Morgan fingerprint density at radius 3 is 2.31 bits per heavy atom. The lowest BCUT2D eigenvalue weighted by atomic mass is 9.97. The number of piperidine rings is 2. The van der Waals surface area contributed by atoms with E-state index in [9.17, 15) is 4.79 Å². The largest absolute Gasteiger partial charge is 0.421 e. The molecule has 0 bridgehead atoms. The highest BCUT2D eigenvalue weighted by Gasteiger charge is 2.30. The van der Waals surface area contributed by atoms with E-state index in [0.29, 0.717) is 5.58 Å². The number of aromatic nitrogens is 1. The second-order valence-corrected chi connectivity index (χ2v) is 8.39. The number of benzene rings is 1. The molecule has 2 aliphatic heterocycles. The molecule has 142 valence electrons. The van der Waals surface area contributed by atoms with E-state index < -0.39 is 0 Å². The molecule has 0 saturated carbocycles. The number of oxazole rings is 1. The Labute approximate surface area is 155 Å². The van der Waals surface area contributed by atoms with E-state index in [4.69, 9.17) is 4.42 Å². The lowest BCUT2D eigenvalue weighted by molar-refractivity contribution is 0.0494. The quantitative estimate of drug-likeness (QED) is 0.839. The second kappa shape index (κ2) is 7.57. The van der Waals surface area contributed by atoms with Crippen LogP contribution in [0, 0.1) is 11.8 Å². The van der Waals surface area contributed by atoms with Gasteiger partial charge in [-0.05, 0) is 62.7 Å². The molecule has 0 amide bonds. The number of nitrogens with zero attached hydrogens (tertiary/aromatic N) is 3. The van der Waals surface area contributed by atoms with Crippen LogP contribution >= 0.6 is 0 Å². The Bertz CT molecular complexity index is 780. The summed E-state index contributed by atoms with van der Waals surface area (Å²) in [7, 11) is 0. The van der Waals surface area contributed by atoms with Crippen molar-refractivity contribution >= 4 is 11.1 Å². The van der Waals surface area contributed by atoms with Gasteiger partial charge in [-0.3, -0.25) is 14.4 Å². The maximum Gasteiger partial charge on any atom is 0.421 e. The summed E-state index contributed by atoms with van der Waals surface area (Å²) >= 11 is 0. The zero-order chi connectivity index (χ0) is 18.1. The van der Waals surface area contributed by atoms with Gasteiger partial charge in [-0.15, -0.1) is 0 Å². The number of hydrogen-bond donors (Lipinski definition) is 0. The first kappa shape index (κ1) is 17.8. The molecule has 2 aromatic rings. The van der Waals surface area contributed by atoms with Crippen LogP contribution in [0.3, 0.4) is 0 Å². The van der Waals surface area contributed by atoms with Crippen molar-refractivity contribution in [1.82, 2.24) is 14.4 Å². The van der Waals surface area contributed by atoms with Crippen molar-refractivity contribution < 1.29 is 4.42 Å². The SMILES string of the molecule is CC1CCN(CC(N2CCC(C)CC2)n2c(=O)oc3ccccc32)CC1. The number of likely N-dealkylation sites (tertiary alicyclic amines) is 2. The van der Waals surface area contributed by atoms with Crippen LogP contribution < -0.4 is 5.76 Å². The monoisotopic (exact) mass is 357 g/mol. The summed E-state index contributed by atoms with van der Waals surface area (Å²) in [5.74, 6) is 1.37. The Hall–Kier alpha value is -1.59. The van der Waals surface area contributed by atoms with Gasteiger partial charge in [-0.25, -0.2) is 4.79 Å². The molecule has 5 heteroatoms. The Morgan fingerprint density at radius 2 is 1.62 bits per heavy atom. The molecule has 4 rings (SSSR count). The first-order chi connectivity index (χ1) is 12.6. The van der Waals surface area contributed by atoms with Gasteiger partial charge in [0.2, 0.25) is 0 Å². The van der Waals surface area contributed by atoms with E-state index >= 15 is 0 Å². The Morgan fingerprint density at radius 1 is 1.00 bits per heavy atom. The highest BCUT2D eigenvalue weighted by atomic mass is 16.4. The van der Waals surface area contributed by atoms with Gasteiger partial charge >= 0.3 is 5.76 Å². The third-order valence-electron chi connectivity index (χ3n) is 6.35. The van der Waals surface area contributed by atoms with Crippen LogP contribution in [-0.4, -0.2) is 47.1 Å². The predicted molar refractivity (Wildman–Crippen MR) is 104 cm³/mol. The van der Waals surface area contributed by atoms with Crippen LogP contribution in [0.15, 0.2) is 33.5 Å². The zero-order valence-electron chi connectivity index (χ0n) is 16.1. The summed E-state index contributed by atoms with van der Waals surface area (Å²) in [6.07, 6.45) is 4.98. The highest BCUT2D eigenvalue weighted by Crippen LogP contribution is 2.27. The molecule has 1 aromatic heterocycles. The molecule has 1 atom stereocenters. The minimum atomic E-state index is -0.222. The van der Waals surface area contributed by atoms with Gasteiger partial charge in [0.25, 0.3) is 0 Å². The first-order valence-electron chi connectivity index (χ1n) is 10.2. The van der Waals surface area contributed by atoms with E-state index in [1.54, 1.807) is 0 Å². The normalized spacial score (nSPS) is 22.8. The van der Waals surface area contributed by atoms with E-state index in [1.807, 2.05) is 28.8 Å². The van der Waals surface area contributed by atoms with Gasteiger partial charge in [0.1, 0.15) is 6.17 Å². The number of para-hydroxylation sites is 2. The molecule has 0 aliphatic carbocycles. The number of rotatable bonds is 4. The molecule has 2 aliphatic rings. The summed E-state index contributed by atoms with van der Waals surface area (Å²) in [4.78, 5) is 17.8. The summed E-state index contributed by atoms with van der Waals surface area (Å²) in [5.41, 5.74) is 1.62. The topological polar surface area (TPSA) is 41.6 Å². The number of fused-ring (bicyclic) bond motifs is 1. The van der Waals surface area contributed by atoms with E-state index in [1.165, 1.54) is 25.7 Å². The Kier molecular flexibility index (Phi) is 5.18. The molecular weight excluding hydrogens is 326 g/mol. The molecule has 1 aromatic carbocycles. The van der Waals surface area contributed by atoms with Crippen LogP contribution in [0.25, 0.3) is 11.1 Å². The van der Waals surface area contributed by atoms with Crippen molar-refractivity contribution in [1.29, 1.82) is 0 Å². The minimum absolute atomic E-state index is 0.0621. The molecule has 1 unspecified atom stereocenters. The minimum Gasteiger partial charge on any atom is -0.408 e. The molecule has 26 heavy (non-hydrogen) atoms. The number of hydrogen-bond acceptors (Lipinski definition) is 4. The lowest BCUT2D eigenvalue weighted by Gasteiger charge is -2.40. The summed E-state index contributed by atoms with van der Waals surface area (Å²) in [6.45, 7) is 9.96. The maximum absolute atomic E-state index is 12.7. The van der Waals surface area contributed by atoms with Crippen molar-refractivity contribution in [3.63, 3.8) is 0 Å². The smallest absolute Gasteiger partial charge is 0.408 e. The fourth-order valence-corrected chi connectivity index (χ4v) is 4.43. The second-order valence-electron chi connectivity index (χ2n) is 8.39. The third-order valence-corrected chi connectivity index (χ3v) is 6.35. The molecule has 2 fully saturated rings. The third kappa shape index (κ3) is 3.60. The van der Waals surface area contributed by atoms with Gasteiger partial charge in [-0.2, -0.15) is 0 Å². The molecule has 3 heterocycles. The Balaban J connectivity index is 1.65. The molecule has 0 spiro atoms. The predicted octanol–water partition coefficient (Wildman–Crippen LogP) is 3.56. The van der Waals surface area contributed by atoms with Crippen molar-refractivity contribution in [3.05, 3.63) is 34.8 Å². The zero-order valence-corrected chi connectivity index (χ0v) is 16.1. The summed E-state index contributed by atoms with van der Waals surface area (Å²) in [5, 5.41) is 0. The fraction of sp³-hybridized carbons (Fsp3) is 0.667. The van der Waals surface area contributed by atoms with Gasteiger partial charge in [-0.1, -0.05) is 26.0 Å². The van der Waals surface area contributed by atoms with Gasteiger partial charge in [0.05, 0.1) is 5.52 Å². The summed E-state index contributed by atoms with van der Waals surface area (Å²) < 4.78 is 7.47. The summed E-state index contributed by atoms with van der Waals surface area (Å²) in [6, 6.07) is 7.83. The van der Waals surface area contributed by atoms with Crippen molar-refractivity contribution in [2.75, 3.05) is 32.7 Å². The van der Waals surface area contributed by atoms with Crippen LogP contribution in [0.2, 0.25) is 0 Å². The van der Waals surface area contributed by atoms with Crippen LogP contribution in [0.5, 0.6) is 0 Å². The van der Waals surface area contributed by atoms with Gasteiger partial charge in [0, 0.05) is 19.6 Å². The van der Waals surface area contributed by atoms with Gasteiger partial charge in [0.15, 0.2) is 5.58 Å². The molecular formula is C21H31N3O2. The maximum atomic E-state index is 12.7. The van der Waals surface area contributed by atoms with Crippen molar-refractivity contribution in [2.24, 2.45) is 11.8 Å². The van der Waals surface area contributed by atoms with E-state index in [2.05, 4.69) is 23.6 Å². The standard InChI is InChI=1S/C21H31N3O2/c1-16-7-11-22(12-8-16)15-20(23-13-9-17(2)10-14-23)24-18-5-3-4-6-19(18)26-21(24)25/h3-6,16-17,20H,7-15H2,1-2H3. The molecule has 5 nitrogen and oxygen atoms in total. The average Bonchev–Trinajstić information content (AvgIpc) is 2.98. The van der Waals surface area contributed by atoms with Crippen LogP contribution in [-0.2, 0) is 0 Å². The lowest BCUT2D eigenvalue weighted by Crippen LogP contribution is -2.48. The van der Waals surface area contributed by atoms with Crippen LogP contribution in [0.4, 0.5) is 0 Å². The van der Waals surface area contributed by atoms with Crippen molar-refractivity contribution in [3.8, 4) is 0 Å². The van der Waals surface area contributed by atoms with Gasteiger partial charge < -0.3 is 4.42 Å². The average molecular weight is 357 g/mol. The molecule has 0 radical (unpaired) electrons. The van der Waals surface area contributed by atoms with Crippen LogP contribution in [0.1, 0.15) is 45.7 Å². The first-order valence-corrected chi connectivity index (χ1v) is 10.2. The molecule has 0 N–H and O–H groups in total.